The molecule has 0 amide bonds. The quantitative estimate of drug-likeness (QED) is 0.680. The Morgan fingerprint density at radius 3 is 2.36 bits per heavy atom. The van der Waals surface area contributed by atoms with Crippen molar-refractivity contribution in [3.8, 4) is 0 Å². The number of rotatable bonds is 7. The van der Waals surface area contributed by atoms with Crippen molar-refractivity contribution < 1.29 is 0 Å². The maximum atomic E-state index is 5.67. The Morgan fingerprint density at radius 2 is 2.00 bits per heavy atom. The van der Waals surface area contributed by atoms with Crippen LogP contribution in [0.2, 0.25) is 0 Å². The molecule has 1 atom stereocenters. The summed E-state index contributed by atoms with van der Waals surface area (Å²) in [5.41, 5.74) is 5.67. The van der Waals surface area contributed by atoms with Crippen molar-refractivity contribution in [1.82, 2.24) is 4.90 Å². The summed E-state index contributed by atoms with van der Waals surface area (Å²) in [6.45, 7) is 8.99. The molecule has 1 unspecified atom stereocenters. The van der Waals surface area contributed by atoms with Gasteiger partial charge in [0, 0.05) is 18.6 Å². The third kappa shape index (κ3) is 3.58. The maximum absolute atomic E-state index is 5.67. The molecule has 0 aromatic heterocycles. The van der Waals surface area contributed by atoms with Gasteiger partial charge in [0.1, 0.15) is 0 Å². The lowest BCUT2D eigenvalue weighted by Crippen LogP contribution is -2.40. The molecule has 2 nitrogen and oxygen atoms in total. The molecule has 1 fully saturated rings. The van der Waals surface area contributed by atoms with Gasteiger partial charge >= 0.3 is 0 Å². The van der Waals surface area contributed by atoms with Gasteiger partial charge < -0.3 is 5.73 Å². The average Bonchev–Trinajstić information content (AvgIpc) is 2.93. The normalized spacial score (nSPS) is 19.3. The van der Waals surface area contributed by atoms with Gasteiger partial charge in [-0.15, -0.1) is 0 Å². The lowest BCUT2D eigenvalue weighted by Gasteiger charge is -2.32. The fourth-order valence-electron chi connectivity index (χ4n) is 2.22. The number of hydrogen-bond acceptors (Lipinski definition) is 2. The van der Waals surface area contributed by atoms with Crippen LogP contribution in [-0.2, 0) is 0 Å². The standard InChI is InChI=1S/C12H26N2/c1-4-11(7-8-13)14(9-10(2)3)12-5-6-12/h10-12H,4-9,13H2,1-3H3. The lowest BCUT2D eigenvalue weighted by molar-refractivity contribution is 0.154. The first-order valence-electron chi connectivity index (χ1n) is 6.14. The predicted octanol–water partition coefficient (Wildman–Crippen LogP) is 2.23. The number of nitrogens with zero attached hydrogens (tertiary/aromatic N) is 1. The van der Waals surface area contributed by atoms with E-state index >= 15 is 0 Å². The first-order valence-corrected chi connectivity index (χ1v) is 6.14. The number of hydrogen-bond donors (Lipinski definition) is 1. The van der Waals surface area contributed by atoms with Crippen molar-refractivity contribution in [2.75, 3.05) is 13.1 Å². The second-order valence-electron chi connectivity index (χ2n) is 4.96. The van der Waals surface area contributed by atoms with E-state index in [1.54, 1.807) is 0 Å². The summed E-state index contributed by atoms with van der Waals surface area (Å²) >= 11 is 0. The van der Waals surface area contributed by atoms with Gasteiger partial charge in [-0.05, 0) is 38.1 Å². The summed E-state index contributed by atoms with van der Waals surface area (Å²) in [4.78, 5) is 2.71. The third-order valence-electron chi connectivity index (χ3n) is 3.03. The zero-order valence-electron chi connectivity index (χ0n) is 10.00. The van der Waals surface area contributed by atoms with E-state index in [0.29, 0.717) is 0 Å². The minimum Gasteiger partial charge on any atom is -0.330 e. The molecule has 0 saturated heterocycles. The van der Waals surface area contributed by atoms with Gasteiger partial charge in [-0.1, -0.05) is 20.8 Å². The second-order valence-corrected chi connectivity index (χ2v) is 4.96. The lowest BCUT2D eigenvalue weighted by atomic mass is 10.1. The molecule has 1 aliphatic rings. The summed E-state index contributed by atoms with van der Waals surface area (Å²) < 4.78 is 0. The van der Waals surface area contributed by atoms with E-state index in [0.717, 1.165) is 24.5 Å². The molecule has 14 heavy (non-hydrogen) atoms. The first-order chi connectivity index (χ1) is 6.69. The first kappa shape index (κ1) is 12.0. The van der Waals surface area contributed by atoms with Crippen LogP contribution in [0.5, 0.6) is 0 Å². The molecule has 0 aliphatic heterocycles. The molecule has 2 heteroatoms. The van der Waals surface area contributed by atoms with Gasteiger partial charge in [-0.25, -0.2) is 0 Å². The highest BCUT2D eigenvalue weighted by Crippen LogP contribution is 2.30. The van der Waals surface area contributed by atoms with Crippen molar-refractivity contribution in [2.24, 2.45) is 11.7 Å². The zero-order valence-corrected chi connectivity index (χ0v) is 10.00. The molecule has 84 valence electrons. The molecule has 2 N–H and O–H groups in total. The van der Waals surface area contributed by atoms with Crippen molar-refractivity contribution in [3.63, 3.8) is 0 Å². The van der Waals surface area contributed by atoms with Crippen LogP contribution in [0.15, 0.2) is 0 Å². The van der Waals surface area contributed by atoms with E-state index in [9.17, 15) is 0 Å². The molecule has 1 saturated carbocycles. The fraction of sp³-hybridized carbons (Fsp3) is 1.00. The van der Waals surface area contributed by atoms with Gasteiger partial charge in [0.25, 0.3) is 0 Å². The van der Waals surface area contributed by atoms with Crippen LogP contribution >= 0.6 is 0 Å². The van der Waals surface area contributed by atoms with E-state index in [2.05, 4.69) is 25.7 Å². The van der Waals surface area contributed by atoms with Gasteiger partial charge in [-0.3, -0.25) is 4.90 Å². The van der Waals surface area contributed by atoms with Gasteiger partial charge in [0.05, 0.1) is 0 Å². The molecular weight excluding hydrogens is 172 g/mol. The summed E-state index contributed by atoms with van der Waals surface area (Å²) in [7, 11) is 0. The minimum atomic E-state index is 0.731. The fourth-order valence-corrected chi connectivity index (χ4v) is 2.22. The van der Waals surface area contributed by atoms with Gasteiger partial charge in [-0.2, -0.15) is 0 Å². The van der Waals surface area contributed by atoms with Gasteiger partial charge in [0.15, 0.2) is 0 Å². The van der Waals surface area contributed by atoms with Crippen LogP contribution in [0.1, 0.15) is 46.5 Å². The highest BCUT2D eigenvalue weighted by atomic mass is 15.2. The van der Waals surface area contributed by atoms with Crippen LogP contribution < -0.4 is 5.73 Å². The molecule has 0 heterocycles. The Labute approximate surface area is 88.8 Å². The molecule has 1 aliphatic carbocycles. The highest BCUT2D eigenvalue weighted by molar-refractivity contribution is 4.88. The summed E-state index contributed by atoms with van der Waals surface area (Å²) in [5, 5.41) is 0. The van der Waals surface area contributed by atoms with Crippen LogP contribution in [0.4, 0.5) is 0 Å². The van der Waals surface area contributed by atoms with E-state index in [-0.39, 0.29) is 0 Å². The Kier molecular flexibility index (Phi) is 4.90. The van der Waals surface area contributed by atoms with Crippen LogP contribution in [0, 0.1) is 5.92 Å². The third-order valence-corrected chi connectivity index (χ3v) is 3.03. The molecule has 0 aromatic rings. The predicted molar refractivity (Wildman–Crippen MR) is 62.3 cm³/mol. The van der Waals surface area contributed by atoms with E-state index in [1.165, 1.54) is 32.2 Å². The smallest absolute Gasteiger partial charge is 0.0108 e. The Bertz CT molecular complexity index is 152. The Balaban J connectivity index is 2.45. The van der Waals surface area contributed by atoms with Gasteiger partial charge in [0.2, 0.25) is 0 Å². The van der Waals surface area contributed by atoms with Crippen LogP contribution in [-0.4, -0.2) is 30.1 Å². The zero-order chi connectivity index (χ0) is 10.6. The summed E-state index contributed by atoms with van der Waals surface area (Å²) in [6, 6.07) is 1.61. The highest BCUT2D eigenvalue weighted by Gasteiger charge is 2.32. The maximum Gasteiger partial charge on any atom is 0.0108 e. The average molecular weight is 198 g/mol. The van der Waals surface area contributed by atoms with E-state index < -0.39 is 0 Å². The molecule has 0 bridgehead atoms. The minimum absolute atomic E-state index is 0.731. The molecule has 0 spiro atoms. The summed E-state index contributed by atoms with van der Waals surface area (Å²) in [5.74, 6) is 0.780. The SMILES string of the molecule is CCC(CCN)N(CC(C)C)C1CC1. The van der Waals surface area contributed by atoms with Crippen LogP contribution in [0.3, 0.4) is 0 Å². The topological polar surface area (TPSA) is 29.3 Å². The van der Waals surface area contributed by atoms with Crippen molar-refractivity contribution in [1.29, 1.82) is 0 Å². The largest absolute Gasteiger partial charge is 0.330 e. The molecule has 0 aromatic carbocycles. The van der Waals surface area contributed by atoms with Crippen molar-refractivity contribution in [3.05, 3.63) is 0 Å². The number of nitrogens with two attached hydrogens (primary N) is 1. The molecule has 1 rings (SSSR count). The summed E-state index contributed by atoms with van der Waals surface area (Å²) in [6.07, 6.45) is 5.24. The van der Waals surface area contributed by atoms with E-state index in [4.69, 9.17) is 5.73 Å². The van der Waals surface area contributed by atoms with E-state index in [1.807, 2.05) is 0 Å². The van der Waals surface area contributed by atoms with Crippen molar-refractivity contribution >= 4 is 0 Å². The Morgan fingerprint density at radius 1 is 1.36 bits per heavy atom. The van der Waals surface area contributed by atoms with Crippen LogP contribution in [0.25, 0.3) is 0 Å². The Hall–Kier alpha value is -0.0800. The second kappa shape index (κ2) is 5.72. The monoisotopic (exact) mass is 198 g/mol. The molecule has 0 radical (unpaired) electrons. The van der Waals surface area contributed by atoms with Crippen molar-refractivity contribution in [2.45, 2.75) is 58.5 Å². The molecular formula is C12H26N2.